The fourth-order valence-electron chi connectivity index (χ4n) is 2.24. The number of aromatic nitrogens is 2. The molecule has 1 aliphatic heterocycles. The van der Waals surface area contributed by atoms with E-state index in [0.717, 1.165) is 11.3 Å². The Hall–Kier alpha value is -1.41. The summed E-state index contributed by atoms with van der Waals surface area (Å²) in [5.74, 6) is 1.41. The van der Waals surface area contributed by atoms with Gasteiger partial charge in [-0.15, -0.1) is 0 Å². The first kappa shape index (κ1) is 13.6. The lowest BCUT2D eigenvalue weighted by atomic mass is 10.1. The molecular weight excluding hydrogens is 371 g/mol. The molecule has 0 fully saturated rings. The Morgan fingerprint density at radius 3 is 3.05 bits per heavy atom. The molecule has 0 saturated carbocycles. The fraction of sp³-hybridized carbons (Fsp3) is 0.286. The van der Waals surface area contributed by atoms with E-state index >= 15 is 0 Å². The van der Waals surface area contributed by atoms with Crippen LogP contribution in [0.5, 0.6) is 5.75 Å². The number of para-hydroxylation sites is 1. The van der Waals surface area contributed by atoms with Crippen LogP contribution in [0, 0.1) is 3.57 Å². The van der Waals surface area contributed by atoms with Gasteiger partial charge in [-0.3, -0.25) is 4.79 Å². The van der Waals surface area contributed by atoms with Crippen molar-refractivity contribution in [2.24, 2.45) is 0 Å². The second-order valence-electron chi connectivity index (χ2n) is 4.56. The fourth-order valence-corrected chi connectivity index (χ4v) is 2.66. The van der Waals surface area contributed by atoms with Crippen molar-refractivity contribution in [1.82, 2.24) is 9.97 Å². The van der Waals surface area contributed by atoms with Crippen LogP contribution in [0.4, 0.5) is 0 Å². The molecule has 0 aliphatic carbocycles. The van der Waals surface area contributed by atoms with E-state index < -0.39 is 0 Å². The van der Waals surface area contributed by atoms with Gasteiger partial charge in [0, 0.05) is 13.5 Å². The lowest BCUT2D eigenvalue weighted by molar-refractivity contribution is 0.178. The summed E-state index contributed by atoms with van der Waals surface area (Å²) in [6, 6.07) is 7.86. The number of hydrogen-bond donors (Lipinski definition) is 1. The van der Waals surface area contributed by atoms with Gasteiger partial charge in [-0.05, 0) is 34.2 Å². The van der Waals surface area contributed by atoms with Crippen molar-refractivity contribution in [1.29, 1.82) is 0 Å². The van der Waals surface area contributed by atoms with E-state index in [1.165, 1.54) is 0 Å². The number of hydrogen-bond acceptors (Lipinski definition) is 4. The van der Waals surface area contributed by atoms with Gasteiger partial charge in [-0.1, -0.05) is 18.2 Å². The van der Waals surface area contributed by atoms with E-state index in [-0.39, 0.29) is 11.7 Å². The lowest BCUT2D eigenvalue weighted by Crippen LogP contribution is -2.21. The van der Waals surface area contributed by atoms with Crippen LogP contribution >= 0.6 is 22.6 Å². The van der Waals surface area contributed by atoms with Crippen LogP contribution in [0.25, 0.3) is 0 Å². The average molecular weight is 384 g/mol. The third kappa shape index (κ3) is 2.45. The predicted octanol–water partition coefficient (Wildman–Crippen LogP) is 2.20. The third-order valence-electron chi connectivity index (χ3n) is 3.18. The van der Waals surface area contributed by atoms with Crippen molar-refractivity contribution in [2.75, 3.05) is 7.11 Å². The number of methoxy groups -OCH3 is 1. The lowest BCUT2D eigenvalue weighted by Gasteiger charge is -2.11. The zero-order valence-corrected chi connectivity index (χ0v) is 13.0. The molecule has 1 unspecified atom stereocenters. The van der Waals surface area contributed by atoms with Crippen molar-refractivity contribution in [2.45, 2.75) is 19.1 Å². The van der Waals surface area contributed by atoms with Gasteiger partial charge in [0.15, 0.2) is 11.9 Å². The summed E-state index contributed by atoms with van der Waals surface area (Å²) in [4.78, 5) is 19.2. The topological polar surface area (TPSA) is 64.2 Å². The molecule has 2 aromatic rings. The maximum absolute atomic E-state index is 12.0. The number of ether oxygens (including phenoxy) is 2. The van der Waals surface area contributed by atoms with Crippen molar-refractivity contribution in [3.63, 3.8) is 0 Å². The highest BCUT2D eigenvalue weighted by molar-refractivity contribution is 14.1. The molecule has 0 bridgehead atoms. The number of nitrogens with one attached hydrogen (secondary N) is 1. The van der Waals surface area contributed by atoms with E-state index in [1.807, 2.05) is 46.9 Å². The Kier molecular flexibility index (Phi) is 3.75. The summed E-state index contributed by atoms with van der Waals surface area (Å²) >= 11 is 1.98. The summed E-state index contributed by atoms with van der Waals surface area (Å²) < 4.78 is 11.5. The predicted molar refractivity (Wildman–Crippen MR) is 81.8 cm³/mol. The molecule has 0 spiro atoms. The van der Waals surface area contributed by atoms with Crippen molar-refractivity contribution in [3.05, 3.63) is 55.3 Å². The minimum Gasteiger partial charge on any atom is -0.482 e. The molecule has 0 saturated heterocycles. The minimum atomic E-state index is -0.243. The molecule has 2 heterocycles. The maximum atomic E-state index is 12.0. The summed E-state index contributed by atoms with van der Waals surface area (Å²) in [5, 5.41) is 0. The molecule has 0 amide bonds. The highest BCUT2D eigenvalue weighted by Gasteiger charge is 2.26. The van der Waals surface area contributed by atoms with Crippen LogP contribution in [-0.4, -0.2) is 17.1 Å². The van der Waals surface area contributed by atoms with E-state index in [9.17, 15) is 4.79 Å². The van der Waals surface area contributed by atoms with E-state index in [1.54, 1.807) is 7.11 Å². The second kappa shape index (κ2) is 5.53. The Morgan fingerprint density at radius 1 is 1.50 bits per heavy atom. The van der Waals surface area contributed by atoms with Crippen LogP contribution < -0.4 is 10.3 Å². The van der Waals surface area contributed by atoms with Crippen LogP contribution in [0.15, 0.2) is 29.1 Å². The van der Waals surface area contributed by atoms with Crippen LogP contribution in [0.2, 0.25) is 0 Å². The molecule has 1 aliphatic rings. The van der Waals surface area contributed by atoms with Crippen molar-refractivity contribution in [3.8, 4) is 5.75 Å². The molecule has 6 heteroatoms. The number of nitrogens with zero attached hydrogens (tertiary/aromatic N) is 1. The first-order valence-corrected chi connectivity index (χ1v) is 7.29. The average Bonchev–Trinajstić information content (AvgIpc) is 2.87. The van der Waals surface area contributed by atoms with Gasteiger partial charge in [-0.25, -0.2) is 4.98 Å². The van der Waals surface area contributed by atoms with Gasteiger partial charge in [-0.2, -0.15) is 0 Å². The molecule has 1 N–H and O–H groups in total. The first-order valence-electron chi connectivity index (χ1n) is 6.21. The van der Waals surface area contributed by atoms with Gasteiger partial charge < -0.3 is 14.5 Å². The van der Waals surface area contributed by atoms with Gasteiger partial charge in [0.25, 0.3) is 5.56 Å². The van der Waals surface area contributed by atoms with Crippen LogP contribution in [0.3, 0.4) is 0 Å². The summed E-state index contributed by atoms with van der Waals surface area (Å²) in [7, 11) is 1.58. The molecular formula is C14H13IN2O3. The van der Waals surface area contributed by atoms with Crippen LogP contribution in [0.1, 0.15) is 23.2 Å². The maximum Gasteiger partial charge on any atom is 0.264 e. The summed E-state index contributed by atoms with van der Waals surface area (Å²) in [6.07, 6.45) is 0.472. The monoisotopic (exact) mass is 384 g/mol. The zero-order valence-electron chi connectivity index (χ0n) is 10.9. The minimum absolute atomic E-state index is 0.151. The van der Waals surface area contributed by atoms with Gasteiger partial charge >= 0.3 is 0 Å². The standard InChI is InChI=1S/C14H13IN2O3/c1-19-7-9-12(15)14(18)17-13(16-9)11-6-8-4-2-3-5-10(8)20-11/h2-5,11H,6-7H2,1H3,(H,16,17,18). The highest BCUT2D eigenvalue weighted by atomic mass is 127. The second-order valence-corrected chi connectivity index (χ2v) is 5.64. The molecule has 3 rings (SSSR count). The largest absolute Gasteiger partial charge is 0.482 e. The molecule has 1 aromatic carbocycles. The SMILES string of the molecule is COCc1nc(C2Cc3ccccc3O2)[nH]c(=O)c1I. The van der Waals surface area contributed by atoms with E-state index in [0.29, 0.717) is 28.1 Å². The Labute approximate surface area is 129 Å². The number of aromatic amines is 1. The van der Waals surface area contributed by atoms with Crippen molar-refractivity contribution < 1.29 is 9.47 Å². The Bertz CT molecular complexity index is 674. The highest BCUT2D eigenvalue weighted by Crippen LogP contribution is 2.34. The molecule has 1 atom stereocenters. The Balaban J connectivity index is 1.95. The van der Waals surface area contributed by atoms with E-state index in [4.69, 9.17) is 9.47 Å². The van der Waals surface area contributed by atoms with Gasteiger partial charge in [0.1, 0.15) is 9.32 Å². The van der Waals surface area contributed by atoms with Gasteiger partial charge in [0.2, 0.25) is 0 Å². The van der Waals surface area contributed by atoms with Crippen molar-refractivity contribution >= 4 is 22.6 Å². The zero-order chi connectivity index (χ0) is 14.1. The molecule has 20 heavy (non-hydrogen) atoms. The normalized spacial score (nSPS) is 16.8. The number of fused-ring (bicyclic) bond motifs is 1. The third-order valence-corrected chi connectivity index (χ3v) is 4.30. The summed E-state index contributed by atoms with van der Waals surface area (Å²) in [5.41, 5.74) is 1.63. The van der Waals surface area contributed by atoms with Gasteiger partial charge in [0.05, 0.1) is 12.3 Å². The Morgan fingerprint density at radius 2 is 2.30 bits per heavy atom. The first-order chi connectivity index (χ1) is 9.69. The molecule has 1 aromatic heterocycles. The summed E-state index contributed by atoms with van der Waals surface area (Å²) in [6.45, 7) is 0.314. The number of halogens is 1. The molecule has 0 radical (unpaired) electrons. The smallest absolute Gasteiger partial charge is 0.264 e. The number of rotatable bonds is 3. The quantitative estimate of drug-likeness (QED) is 0.825. The molecule has 5 nitrogen and oxygen atoms in total. The number of H-pyrrole nitrogens is 1. The molecule has 104 valence electrons. The van der Waals surface area contributed by atoms with Crippen LogP contribution in [-0.2, 0) is 17.8 Å². The van der Waals surface area contributed by atoms with E-state index in [2.05, 4.69) is 9.97 Å². The number of benzene rings is 1.